The van der Waals surface area contributed by atoms with E-state index >= 15 is 0 Å². The third-order valence-corrected chi connectivity index (χ3v) is 5.31. The topological polar surface area (TPSA) is 52.6 Å². The molecule has 0 aliphatic carbocycles. The molecule has 1 amide bonds. The number of carbonyl (C=O) groups is 1. The van der Waals surface area contributed by atoms with Gasteiger partial charge in [-0.3, -0.25) is 4.79 Å². The predicted molar refractivity (Wildman–Crippen MR) is 116 cm³/mol. The molecule has 4 rings (SSSR count). The number of hydrogen-bond donors (Lipinski definition) is 0. The van der Waals surface area contributed by atoms with Crippen LogP contribution in [-0.2, 0) is 0 Å². The SMILES string of the molecule is CN(C)c1ccc(C(=O)N2CCN(c3ccc(-c4ccc(F)cc4)nn3)CC2)cc1. The fourth-order valence-corrected chi connectivity index (χ4v) is 3.49. The monoisotopic (exact) mass is 405 g/mol. The third kappa shape index (κ3) is 4.25. The summed E-state index contributed by atoms with van der Waals surface area (Å²) in [6, 6.07) is 17.7. The highest BCUT2D eigenvalue weighted by Crippen LogP contribution is 2.20. The van der Waals surface area contributed by atoms with Gasteiger partial charge in [-0.2, -0.15) is 0 Å². The molecule has 0 saturated carbocycles. The van der Waals surface area contributed by atoms with E-state index in [4.69, 9.17) is 0 Å². The number of aromatic nitrogens is 2. The number of rotatable bonds is 4. The average molecular weight is 405 g/mol. The zero-order valence-electron chi connectivity index (χ0n) is 17.1. The highest BCUT2D eigenvalue weighted by atomic mass is 19.1. The normalized spacial score (nSPS) is 14.0. The van der Waals surface area contributed by atoms with Crippen LogP contribution >= 0.6 is 0 Å². The van der Waals surface area contributed by atoms with Gasteiger partial charge in [0.15, 0.2) is 5.82 Å². The van der Waals surface area contributed by atoms with E-state index in [2.05, 4.69) is 15.1 Å². The second kappa shape index (κ2) is 8.49. The van der Waals surface area contributed by atoms with Gasteiger partial charge in [0.1, 0.15) is 5.82 Å². The Balaban J connectivity index is 1.37. The molecular formula is C23H24FN5O. The fraction of sp³-hybridized carbons (Fsp3) is 0.261. The van der Waals surface area contributed by atoms with Crippen LogP contribution in [0.1, 0.15) is 10.4 Å². The van der Waals surface area contributed by atoms with Crippen molar-refractivity contribution in [2.45, 2.75) is 0 Å². The molecule has 3 aromatic rings. The Morgan fingerprint density at radius 1 is 0.867 bits per heavy atom. The first-order valence-electron chi connectivity index (χ1n) is 9.92. The van der Waals surface area contributed by atoms with Gasteiger partial charge in [-0.15, -0.1) is 10.2 Å². The number of nitrogens with zero attached hydrogens (tertiary/aromatic N) is 5. The van der Waals surface area contributed by atoms with Gasteiger partial charge in [-0.25, -0.2) is 4.39 Å². The molecular weight excluding hydrogens is 381 g/mol. The van der Waals surface area contributed by atoms with Crippen molar-refractivity contribution in [3.8, 4) is 11.3 Å². The second-order valence-corrected chi connectivity index (χ2v) is 7.50. The van der Waals surface area contributed by atoms with Gasteiger partial charge in [-0.1, -0.05) is 0 Å². The van der Waals surface area contributed by atoms with Gasteiger partial charge in [0.2, 0.25) is 0 Å². The molecule has 0 spiro atoms. The summed E-state index contributed by atoms with van der Waals surface area (Å²) >= 11 is 0. The van der Waals surface area contributed by atoms with Gasteiger partial charge in [0, 0.05) is 57.1 Å². The minimum absolute atomic E-state index is 0.0534. The van der Waals surface area contributed by atoms with Crippen molar-refractivity contribution >= 4 is 17.4 Å². The Labute approximate surface area is 175 Å². The number of benzene rings is 2. The number of anilines is 2. The molecule has 154 valence electrons. The lowest BCUT2D eigenvalue weighted by Crippen LogP contribution is -2.49. The summed E-state index contributed by atoms with van der Waals surface area (Å²) in [5, 5.41) is 8.61. The van der Waals surface area contributed by atoms with Crippen molar-refractivity contribution in [2.75, 3.05) is 50.1 Å². The van der Waals surface area contributed by atoms with Crippen LogP contribution in [0.2, 0.25) is 0 Å². The molecule has 1 aromatic heterocycles. The highest BCUT2D eigenvalue weighted by molar-refractivity contribution is 5.94. The van der Waals surface area contributed by atoms with E-state index in [1.807, 2.05) is 60.3 Å². The molecule has 0 N–H and O–H groups in total. The summed E-state index contributed by atoms with van der Waals surface area (Å²) in [4.78, 5) is 18.8. The molecule has 1 fully saturated rings. The molecule has 1 aliphatic heterocycles. The molecule has 6 nitrogen and oxygen atoms in total. The molecule has 0 bridgehead atoms. The van der Waals surface area contributed by atoms with Crippen molar-refractivity contribution < 1.29 is 9.18 Å². The molecule has 0 atom stereocenters. The summed E-state index contributed by atoms with van der Waals surface area (Å²) < 4.78 is 13.1. The number of carbonyl (C=O) groups excluding carboxylic acids is 1. The highest BCUT2D eigenvalue weighted by Gasteiger charge is 2.23. The zero-order valence-corrected chi connectivity index (χ0v) is 17.1. The Morgan fingerprint density at radius 2 is 1.53 bits per heavy atom. The summed E-state index contributed by atoms with van der Waals surface area (Å²) in [6.07, 6.45) is 0. The van der Waals surface area contributed by atoms with Crippen LogP contribution in [0, 0.1) is 5.82 Å². The Hall–Kier alpha value is -3.48. The number of piperazine rings is 1. The molecule has 2 heterocycles. The van der Waals surface area contributed by atoms with Crippen molar-refractivity contribution in [1.29, 1.82) is 0 Å². The van der Waals surface area contributed by atoms with Gasteiger partial charge >= 0.3 is 0 Å². The third-order valence-electron chi connectivity index (χ3n) is 5.31. The van der Waals surface area contributed by atoms with Crippen LogP contribution < -0.4 is 9.80 Å². The molecule has 7 heteroatoms. The van der Waals surface area contributed by atoms with Crippen LogP contribution in [0.5, 0.6) is 0 Å². The van der Waals surface area contributed by atoms with Crippen LogP contribution in [-0.4, -0.2) is 61.3 Å². The Morgan fingerprint density at radius 3 is 2.10 bits per heavy atom. The van der Waals surface area contributed by atoms with Gasteiger partial charge < -0.3 is 14.7 Å². The largest absolute Gasteiger partial charge is 0.378 e. The Kier molecular flexibility index (Phi) is 5.61. The predicted octanol–water partition coefficient (Wildman–Crippen LogP) is 3.31. The van der Waals surface area contributed by atoms with E-state index in [0.29, 0.717) is 37.4 Å². The van der Waals surface area contributed by atoms with Crippen LogP contribution in [0.25, 0.3) is 11.3 Å². The lowest BCUT2D eigenvalue weighted by Gasteiger charge is -2.35. The number of amides is 1. The van der Waals surface area contributed by atoms with Gasteiger partial charge in [0.25, 0.3) is 5.91 Å². The maximum Gasteiger partial charge on any atom is 0.253 e. The minimum atomic E-state index is -0.274. The second-order valence-electron chi connectivity index (χ2n) is 7.50. The van der Waals surface area contributed by atoms with Gasteiger partial charge in [-0.05, 0) is 60.7 Å². The van der Waals surface area contributed by atoms with Crippen molar-refractivity contribution in [3.63, 3.8) is 0 Å². The molecule has 0 unspecified atom stereocenters. The quantitative estimate of drug-likeness (QED) is 0.667. The lowest BCUT2D eigenvalue weighted by molar-refractivity contribution is 0.0746. The molecule has 30 heavy (non-hydrogen) atoms. The van der Waals surface area contributed by atoms with Crippen LogP contribution in [0.3, 0.4) is 0 Å². The molecule has 2 aromatic carbocycles. The van der Waals surface area contributed by atoms with Crippen molar-refractivity contribution in [1.82, 2.24) is 15.1 Å². The van der Waals surface area contributed by atoms with E-state index in [9.17, 15) is 9.18 Å². The maximum atomic E-state index is 13.1. The summed E-state index contributed by atoms with van der Waals surface area (Å²) in [5.74, 6) is 0.561. The van der Waals surface area contributed by atoms with Crippen LogP contribution in [0.4, 0.5) is 15.9 Å². The first-order valence-corrected chi connectivity index (χ1v) is 9.92. The smallest absolute Gasteiger partial charge is 0.253 e. The van der Waals surface area contributed by atoms with E-state index in [-0.39, 0.29) is 11.7 Å². The van der Waals surface area contributed by atoms with Gasteiger partial charge in [0.05, 0.1) is 5.69 Å². The average Bonchev–Trinajstić information content (AvgIpc) is 2.79. The summed E-state index contributed by atoms with van der Waals surface area (Å²) in [7, 11) is 3.95. The molecule has 1 aliphatic rings. The van der Waals surface area contributed by atoms with E-state index in [1.54, 1.807) is 12.1 Å². The fourth-order valence-electron chi connectivity index (χ4n) is 3.49. The van der Waals surface area contributed by atoms with Crippen molar-refractivity contribution in [2.24, 2.45) is 0 Å². The van der Waals surface area contributed by atoms with Crippen molar-refractivity contribution in [3.05, 3.63) is 72.0 Å². The van der Waals surface area contributed by atoms with Crippen LogP contribution in [0.15, 0.2) is 60.7 Å². The summed E-state index contributed by atoms with van der Waals surface area (Å²) in [6.45, 7) is 2.67. The first kappa shape index (κ1) is 19.8. The van der Waals surface area contributed by atoms with E-state index < -0.39 is 0 Å². The van der Waals surface area contributed by atoms with E-state index in [1.165, 1.54) is 12.1 Å². The lowest BCUT2D eigenvalue weighted by atomic mass is 10.1. The number of hydrogen-bond acceptors (Lipinski definition) is 5. The molecule has 0 radical (unpaired) electrons. The Bertz CT molecular complexity index is 995. The summed E-state index contributed by atoms with van der Waals surface area (Å²) in [5.41, 5.74) is 3.30. The minimum Gasteiger partial charge on any atom is -0.378 e. The molecule has 1 saturated heterocycles. The number of halogens is 1. The van der Waals surface area contributed by atoms with E-state index in [0.717, 1.165) is 17.1 Å². The standard InChI is InChI=1S/C23H24FN5O/c1-27(2)20-9-5-18(6-10-20)23(30)29-15-13-28(14-16-29)22-12-11-21(25-26-22)17-3-7-19(24)8-4-17/h3-12H,13-16H2,1-2H3. The maximum absolute atomic E-state index is 13.1. The zero-order chi connectivity index (χ0) is 21.1. The first-order chi connectivity index (χ1) is 14.5.